The molecule has 4 bridgehead atoms. The number of carbonyl (C=O) groups excluding carboxylic acids is 1. The van der Waals surface area contributed by atoms with E-state index in [0.29, 0.717) is 17.7 Å². The summed E-state index contributed by atoms with van der Waals surface area (Å²) in [6, 6.07) is 17.4. The Bertz CT molecular complexity index is 1190. The average Bonchev–Trinajstić information content (AvgIpc) is 2.85. The molecule has 1 aromatic heterocycles. The molecular formula is C31H35N3O2. The molecule has 3 aromatic rings. The van der Waals surface area contributed by atoms with Crippen molar-refractivity contribution in [1.29, 1.82) is 0 Å². The van der Waals surface area contributed by atoms with Crippen LogP contribution in [-0.2, 0) is 17.6 Å². The van der Waals surface area contributed by atoms with Crippen LogP contribution in [0.5, 0.6) is 5.75 Å². The van der Waals surface area contributed by atoms with Crippen molar-refractivity contribution in [3.8, 4) is 17.0 Å². The van der Waals surface area contributed by atoms with Gasteiger partial charge in [-0.15, -0.1) is 0 Å². The van der Waals surface area contributed by atoms with E-state index in [-0.39, 0.29) is 11.7 Å². The highest BCUT2D eigenvalue weighted by atomic mass is 16.3. The van der Waals surface area contributed by atoms with Crippen molar-refractivity contribution in [2.75, 3.05) is 5.32 Å². The molecule has 0 spiro atoms. The first-order chi connectivity index (χ1) is 17.5. The van der Waals surface area contributed by atoms with Crippen LogP contribution in [0.4, 0.5) is 5.82 Å². The Hall–Kier alpha value is -3.21. The van der Waals surface area contributed by atoms with Crippen LogP contribution in [0.25, 0.3) is 11.3 Å². The molecule has 186 valence electrons. The smallest absolute Gasteiger partial charge is 0.225 e. The molecule has 7 rings (SSSR count). The predicted molar refractivity (Wildman–Crippen MR) is 141 cm³/mol. The summed E-state index contributed by atoms with van der Waals surface area (Å²) in [5.74, 6) is 3.45. The van der Waals surface area contributed by atoms with Gasteiger partial charge in [-0.05, 0) is 111 Å². The van der Waals surface area contributed by atoms with Gasteiger partial charge in [-0.3, -0.25) is 4.79 Å². The maximum Gasteiger partial charge on any atom is 0.225 e. The van der Waals surface area contributed by atoms with Gasteiger partial charge in [0.1, 0.15) is 5.75 Å². The van der Waals surface area contributed by atoms with Gasteiger partial charge in [0.05, 0.1) is 17.6 Å². The third-order valence-electron chi connectivity index (χ3n) is 8.69. The summed E-state index contributed by atoms with van der Waals surface area (Å²) in [5.41, 5.74) is 4.18. The number of phenolic OH excluding ortho intramolecular Hbond substituents is 1. The number of aromatic hydroxyl groups is 1. The van der Waals surface area contributed by atoms with E-state index < -0.39 is 0 Å². The second kappa shape index (κ2) is 9.68. The predicted octanol–water partition coefficient (Wildman–Crippen LogP) is 6.57. The Morgan fingerprint density at radius 1 is 0.944 bits per heavy atom. The quantitative estimate of drug-likeness (QED) is 0.382. The summed E-state index contributed by atoms with van der Waals surface area (Å²) in [6.07, 6.45) is 12.9. The van der Waals surface area contributed by atoms with E-state index in [1.807, 2.05) is 30.3 Å². The zero-order valence-corrected chi connectivity index (χ0v) is 20.8. The molecule has 0 saturated heterocycles. The topological polar surface area (TPSA) is 75.1 Å². The van der Waals surface area contributed by atoms with Gasteiger partial charge in [-0.1, -0.05) is 30.3 Å². The lowest BCUT2D eigenvalue weighted by molar-refractivity contribution is -0.116. The maximum atomic E-state index is 12.9. The van der Waals surface area contributed by atoms with Crippen molar-refractivity contribution in [1.82, 2.24) is 9.97 Å². The second-order valence-corrected chi connectivity index (χ2v) is 11.6. The molecule has 4 aliphatic carbocycles. The Kier molecular flexibility index (Phi) is 6.24. The number of nitrogens with zero attached hydrogens (tertiary/aromatic N) is 2. The van der Waals surface area contributed by atoms with Gasteiger partial charge in [0.15, 0.2) is 5.82 Å². The molecule has 4 fully saturated rings. The number of rotatable bonds is 8. The van der Waals surface area contributed by atoms with Crippen molar-refractivity contribution >= 4 is 11.7 Å². The number of anilines is 1. The molecule has 0 atom stereocenters. The van der Waals surface area contributed by atoms with Gasteiger partial charge in [-0.25, -0.2) is 9.97 Å². The first-order valence-electron chi connectivity index (χ1n) is 13.5. The lowest BCUT2D eigenvalue weighted by Crippen LogP contribution is -2.47. The molecule has 2 aromatic carbocycles. The van der Waals surface area contributed by atoms with Crippen molar-refractivity contribution in [2.24, 2.45) is 23.2 Å². The van der Waals surface area contributed by atoms with Crippen LogP contribution in [0.1, 0.15) is 62.6 Å². The highest BCUT2D eigenvalue weighted by Crippen LogP contribution is 2.61. The van der Waals surface area contributed by atoms with Crippen LogP contribution in [-0.4, -0.2) is 21.0 Å². The first kappa shape index (κ1) is 23.2. The van der Waals surface area contributed by atoms with Gasteiger partial charge in [0, 0.05) is 12.0 Å². The van der Waals surface area contributed by atoms with E-state index in [2.05, 4.69) is 17.4 Å². The van der Waals surface area contributed by atoms with Crippen LogP contribution in [0.15, 0.2) is 60.8 Å². The van der Waals surface area contributed by atoms with Gasteiger partial charge in [0.25, 0.3) is 0 Å². The number of hydrogen-bond acceptors (Lipinski definition) is 4. The minimum absolute atomic E-state index is 0.00405. The molecule has 4 aliphatic rings. The fourth-order valence-corrected chi connectivity index (χ4v) is 7.58. The highest BCUT2D eigenvalue weighted by molar-refractivity contribution is 5.90. The van der Waals surface area contributed by atoms with E-state index in [0.717, 1.165) is 54.0 Å². The molecule has 36 heavy (non-hydrogen) atoms. The van der Waals surface area contributed by atoms with Crippen molar-refractivity contribution < 1.29 is 9.90 Å². The van der Waals surface area contributed by atoms with E-state index in [1.54, 1.807) is 18.3 Å². The van der Waals surface area contributed by atoms with Gasteiger partial charge >= 0.3 is 0 Å². The number of benzene rings is 2. The normalized spacial score (nSPS) is 26.2. The standard InChI is InChI=1S/C31H35N3O2/c35-26-11-9-25(10-12-26)28-20-32-30(34-29(36)8-4-7-21-5-2-1-3-6-21)27(33-28)19-31-16-22-13-23(17-31)15-24(14-22)18-31/h1-3,5-6,9-12,20,22-24,35H,4,7-8,13-19H2,(H,32,34,36). The SMILES string of the molecule is O=C(CCCc1ccccc1)Nc1ncc(-c2ccc(O)cc2)nc1CC12CC3CC(CC(C3)C1)C2. The summed E-state index contributed by atoms with van der Waals surface area (Å²) in [6.45, 7) is 0. The number of phenols is 1. The number of aryl methyl sites for hydroxylation is 1. The zero-order valence-electron chi connectivity index (χ0n) is 20.8. The average molecular weight is 482 g/mol. The van der Waals surface area contributed by atoms with Crippen molar-refractivity contribution in [2.45, 2.75) is 64.2 Å². The summed E-state index contributed by atoms with van der Waals surface area (Å²) in [5, 5.41) is 12.8. The summed E-state index contributed by atoms with van der Waals surface area (Å²) >= 11 is 0. The number of nitrogens with one attached hydrogen (secondary N) is 1. The fourth-order valence-electron chi connectivity index (χ4n) is 7.58. The fraction of sp³-hybridized carbons (Fsp3) is 0.452. The number of carbonyl (C=O) groups is 1. The zero-order chi connectivity index (χ0) is 24.5. The molecule has 5 heteroatoms. The summed E-state index contributed by atoms with van der Waals surface area (Å²) < 4.78 is 0. The number of hydrogen-bond donors (Lipinski definition) is 2. The third-order valence-corrected chi connectivity index (χ3v) is 8.69. The number of aromatic nitrogens is 2. The monoisotopic (exact) mass is 481 g/mol. The Labute approximate surface area is 213 Å². The molecule has 0 unspecified atom stereocenters. The van der Waals surface area contributed by atoms with E-state index in [9.17, 15) is 9.90 Å². The Morgan fingerprint density at radius 2 is 1.61 bits per heavy atom. The number of amides is 1. The van der Waals surface area contributed by atoms with Gasteiger partial charge < -0.3 is 10.4 Å². The van der Waals surface area contributed by atoms with Crippen LogP contribution >= 0.6 is 0 Å². The molecule has 0 radical (unpaired) electrons. The highest BCUT2D eigenvalue weighted by Gasteiger charge is 2.51. The molecule has 2 N–H and O–H groups in total. The van der Waals surface area contributed by atoms with E-state index in [4.69, 9.17) is 9.97 Å². The van der Waals surface area contributed by atoms with Crippen LogP contribution < -0.4 is 5.32 Å². The minimum atomic E-state index is 0.00405. The molecule has 1 heterocycles. The van der Waals surface area contributed by atoms with Gasteiger partial charge in [-0.2, -0.15) is 0 Å². The Balaban J connectivity index is 1.22. The first-order valence-corrected chi connectivity index (χ1v) is 13.5. The van der Waals surface area contributed by atoms with E-state index in [1.165, 1.54) is 44.1 Å². The van der Waals surface area contributed by atoms with Crippen LogP contribution in [0.3, 0.4) is 0 Å². The largest absolute Gasteiger partial charge is 0.508 e. The van der Waals surface area contributed by atoms with Crippen LogP contribution in [0, 0.1) is 23.2 Å². The molecule has 1 amide bonds. The van der Waals surface area contributed by atoms with Gasteiger partial charge in [0.2, 0.25) is 5.91 Å². The van der Waals surface area contributed by atoms with E-state index >= 15 is 0 Å². The Morgan fingerprint density at radius 3 is 2.28 bits per heavy atom. The summed E-state index contributed by atoms with van der Waals surface area (Å²) in [7, 11) is 0. The van der Waals surface area contributed by atoms with Crippen molar-refractivity contribution in [3.05, 3.63) is 72.1 Å². The lowest BCUT2D eigenvalue weighted by atomic mass is 9.48. The lowest BCUT2D eigenvalue weighted by Gasteiger charge is -2.57. The maximum absolute atomic E-state index is 12.9. The molecule has 0 aliphatic heterocycles. The molecule has 4 saturated carbocycles. The minimum Gasteiger partial charge on any atom is -0.508 e. The third kappa shape index (κ3) is 5.02. The van der Waals surface area contributed by atoms with Crippen molar-refractivity contribution in [3.63, 3.8) is 0 Å². The molecule has 5 nitrogen and oxygen atoms in total. The summed E-state index contributed by atoms with van der Waals surface area (Å²) in [4.78, 5) is 22.7. The van der Waals surface area contributed by atoms with Crippen LogP contribution in [0.2, 0.25) is 0 Å². The second-order valence-electron chi connectivity index (χ2n) is 11.6. The molecular weight excluding hydrogens is 446 g/mol.